The van der Waals surface area contributed by atoms with Gasteiger partial charge in [0.2, 0.25) is 0 Å². The van der Waals surface area contributed by atoms with Crippen LogP contribution >= 0.6 is 15.9 Å². The standard InChI is InChI=1S/C12H14BrN3O/c13-11-10-7-9(14)1-4-16(10)12(15-11)8-2-5-17-6-3-8/h1,4,7-8H,2-3,5-6,14H2. The highest BCUT2D eigenvalue weighted by Crippen LogP contribution is 2.30. The fraction of sp³-hybridized carbons (Fsp3) is 0.417. The quantitative estimate of drug-likeness (QED) is 0.880. The van der Waals surface area contributed by atoms with Gasteiger partial charge >= 0.3 is 0 Å². The van der Waals surface area contributed by atoms with Gasteiger partial charge < -0.3 is 14.9 Å². The number of nitrogens with zero attached hydrogens (tertiary/aromatic N) is 2. The summed E-state index contributed by atoms with van der Waals surface area (Å²) in [4.78, 5) is 4.62. The Bertz CT molecular complexity index is 546. The van der Waals surface area contributed by atoms with Crippen LogP contribution in [0.2, 0.25) is 0 Å². The van der Waals surface area contributed by atoms with Gasteiger partial charge in [0.05, 0.1) is 5.52 Å². The Balaban J connectivity index is 2.10. The minimum absolute atomic E-state index is 0.478. The van der Waals surface area contributed by atoms with E-state index in [1.165, 1.54) is 0 Å². The van der Waals surface area contributed by atoms with E-state index in [1.807, 2.05) is 18.3 Å². The van der Waals surface area contributed by atoms with Crippen LogP contribution < -0.4 is 5.73 Å². The summed E-state index contributed by atoms with van der Waals surface area (Å²) in [5.41, 5.74) is 7.59. The number of imidazole rings is 1. The molecule has 3 heterocycles. The van der Waals surface area contributed by atoms with Crippen LogP contribution in [0.15, 0.2) is 22.9 Å². The van der Waals surface area contributed by atoms with Crippen LogP contribution in [0.5, 0.6) is 0 Å². The van der Waals surface area contributed by atoms with Crippen LogP contribution in [-0.2, 0) is 4.74 Å². The molecule has 2 N–H and O–H groups in total. The van der Waals surface area contributed by atoms with Crippen molar-refractivity contribution in [3.8, 4) is 0 Å². The molecule has 0 atom stereocenters. The van der Waals surface area contributed by atoms with Crippen molar-refractivity contribution in [2.45, 2.75) is 18.8 Å². The van der Waals surface area contributed by atoms with Gasteiger partial charge in [0.15, 0.2) is 0 Å². The summed E-state index contributed by atoms with van der Waals surface area (Å²) < 4.78 is 8.38. The second-order valence-corrected chi connectivity index (χ2v) is 5.11. The van der Waals surface area contributed by atoms with Crippen molar-refractivity contribution in [1.29, 1.82) is 0 Å². The SMILES string of the molecule is Nc1ccn2c(C3CCOCC3)nc(Br)c2c1. The minimum Gasteiger partial charge on any atom is -0.399 e. The Kier molecular flexibility index (Phi) is 2.80. The molecule has 1 aliphatic rings. The number of nitrogen functional groups attached to an aromatic ring is 1. The van der Waals surface area contributed by atoms with Gasteiger partial charge in [0.1, 0.15) is 10.4 Å². The van der Waals surface area contributed by atoms with E-state index >= 15 is 0 Å². The maximum absolute atomic E-state index is 5.80. The van der Waals surface area contributed by atoms with Gasteiger partial charge in [-0.1, -0.05) is 0 Å². The maximum atomic E-state index is 5.80. The van der Waals surface area contributed by atoms with Gasteiger partial charge in [-0.05, 0) is 40.9 Å². The number of hydrogen-bond donors (Lipinski definition) is 1. The molecule has 0 aromatic carbocycles. The first-order chi connectivity index (χ1) is 8.25. The molecule has 0 aliphatic carbocycles. The Labute approximate surface area is 108 Å². The Morgan fingerprint density at radius 1 is 1.41 bits per heavy atom. The zero-order chi connectivity index (χ0) is 11.8. The average Bonchev–Trinajstić information content (AvgIpc) is 2.68. The van der Waals surface area contributed by atoms with Crippen LogP contribution in [0.25, 0.3) is 5.52 Å². The van der Waals surface area contributed by atoms with Crippen LogP contribution in [0, 0.1) is 0 Å². The summed E-state index contributed by atoms with van der Waals surface area (Å²) in [6.07, 6.45) is 4.07. The monoisotopic (exact) mass is 295 g/mol. The van der Waals surface area contributed by atoms with Gasteiger partial charge in [-0.15, -0.1) is 0 Å². The van der Waals surface area contributed by atoms with E-state index in [2.05, 4.69) is 25.3 Å². The molecule has 17 heavy (non-hydrogen) atoms. The highest BCUT2D eigenvalue weighted by Gasteiger charge is 2.21. The lowest BCUT2D eigenvalue weighted by molar-refractivity contribution is 0.0835. The second-order valence-electron chi connectivity index (χ2n) is 4.36. The Hall–Kier alpha value is -1.07. The number of ether oxygens (including phenoxy) is 1. The molecule has 1 saturated heterocycles. The molecule has 1 aliphatic heterocycles. The molecule has 0 unspecified atom stereocenters. The van der Waals surface area contributed by atoms with Crippen molar-refractivity contribution in [3.05, 3.63) is 28.8 Å². The molecule has 2 aromatic heterocycles. The van der Waals surface area contributed by atoms with Gasteiger partial charge in [-0.25, -0.2) is 4.98 Å². The van der Waals surface area contributed by atoms with E-state index in [-0.39, 0.29) is 0 Å². The van der Waals surface area contributed by atoms with Crippen LogP contribution in [0.1, 0.15) is 24.6 Å². The van der Waals surface area contributed by atoms with Crippen LogP contribution in [0.3, 0.4) is 0 Å². The van der Waals surface area contributed by atoms with Gasteiger partial charge in [0.25, 0.3) is 0 Å². The first-order valence-electron chi connectivity index (χ1n) is 5.76. The summed E-state index contributed by atoms with van der Waals surface area (Å²) in [5.74, 6) is 1.58. The number of aromatic nitrogens is 2. The molecular weight excluding hydrogens is 282 g/mol. The van der Waals surface area contributed by atoms with Crippen molar-refractivity contribution in [1.82, 2.24) is 9.38 Å². The molecule has 90 valence electrons. The van der Waals surface area contributed by atoms with Crippen molar-refractivity contribution in [3.63, 3.8) is 0 Å². The largest absolute Gasteiger partial charge is 0.399 e. The van der Waals surface area contributed by atoms with Crippen LogP contribution in [0.4, 0.5) is 5.69 Å². The van der Waals surface area contributed by atoms with E-state index in [4.69, 9.17) is 10.5 Å². The third kappa shape index (κ3) is 1.93. The van der Waals surface area contributed by atoms with E-state index < -0.39 is 0 Å². The van der Waals surface area contributed by atoms with E-state index in [9.17, 15) is 0 Å². The first-order valence-corrected chi connectivity index (χ1v) is 6.56. The van der Waals surface area contributed by atoms with Gasteiger partial charge in [-0.3, -0.25) is 0 Å². The molecule has 0 bridgehead atoms. The normalized spacial score (nSPS) is 17.7. The molecule has 0 saturated carbocycles. The maximum Gasteiger partial charge on any atom is 0.132 e. The van der Waals surface area contributed by atoms with Gasteiger partial charge in [-0.2, -0.15) is 0 Å². The number of anilines is 1. The highest BCUT2D eigenvalue weighted by molar-refractivity contribution is 9.10. The van der Waals surface area contributed by atoms with Crippen molar-refractivity contribution < 1.29 is 4.74 Å². The zero-order valence-corrected chi connectivity index (χ0v) is 11.0. The molecular formula is C12H14BrN3O. The number of fused-ring (bicyclic) bond motifs is 1. The van der Waals surface area contributed by atoms with Crippen LogP contribution in [-0.4, -0.2) is 22.6 Å². The first kappa shape index (κ1) is 11.0. The zero-order valence-electron chi connectivity index (χ0n) is 9.40. The lowest BCUT2D eigenvalue weighted by Crippen LogP contribution is -2.16. The van der Waals surface area contributed by atoms with E-state index in [0.717, 1.165) is 47.7 Å². The smallest absolute Gasteiger partial charge is 0.132 e. The molecule has 0 spiro atoms. The second kappa shape index (κ2) is 4.31. The molecule has 0 amide bonds. The Morgan fingerprint density at radius 3 is 2.94 bits per heavy atom. The third-order valence-corrected chi connectivity index (χ3v) is 3.82. The van der Waals surface area contributed by atoms with Crippen molar-refractivity contribution in [2.75, 3.05) is 18.9 Å². The van der Waals surface area contributed by atoms with Crippen molar-refractivity contribution in [2.24, 2.45) is 0 Å². The molecule has 5 heteroatoms. The molecule has 0 radical (unpaired) electrons. The number of hydrogen-bond acceptors (Lipinski definition) is 3. The summed E-state index contributed by atoms with van der Waals surface area (Å²) in [6.45, 7) is 1.65. The lowest BCUT2D eigenvalue weighted by Gasteiger charge is -2.20. The lowest BCUT2D eigenvalue weighted by atomic mass is 10.00. The third-order valence-electron chi connectivity index (χ3n) is 3.24. The summed E-state index contributed by atoms with van der Waals surface area (Å²) in [5, 5.41) is 0. The average molecular weight is 296 g/mol. The Morgan fingerprint density at radius 2 is 2.18 bits per heavy atom. The summed E-state index contributed by atoms with van der Waals surface area (Å²) >= 11 is 3.50. The fourth-order valence-corrected chi connectivity index (χ4v) is 2.82. The van der Waals surface area contributed by atoms with Crippen molar-refractivity contribution >= 4 is 27.1 Å². The topological polar surface area (TPSA) is 52.5 Å². The predicted octanol–water partition coefficient (Wildman–Crippen LogP) is 2.57. The number of pyridine rings is 1. The van der Waals surface area contributed by atoms with Gasteiger partial charge in [0, 0.05) is 31.0 Å². The molecule has 4 nitrogen and oxygen atoms in total. The predicted molar refractivity (Wildman–Crippen MR) is 70.1 cm³/mol. The highest BCUT2D eigenvalue weighted by atomic mass is 79.9. The minimum atomic E-state index is 0.478. The number of halogens is 1. The fourth-order valence-electron chi connectivity index (χ4n) is 2.33. The van der Waals surface area contributed by atoms with E-state index in [1.54, 1.807) is 0 Å². The summed E-state index contributed by atoms with van der Waals surface area (Å²) in [7, 11) is 0. The summed E-state index contributed by atoms with van der Waals surface area (Å²) in [6, 6.07) is 3.85. The number of nitrogens with two attached hydrogens (primary N) is 1. The molecule has 3 rings (SSSR count). The molecule has 1 fully saturated rings. The molecule has 2 aromatic rings. The van der Waals surface area contributed by atoms with E-state index in [0.29, 0.717) is 5.92 Å². The number of rotatable bonds is 1.